The lowest BCUT2D eigenvalue weighted by Crippen LogP contribution is -2.52. The van der Waals surface area contributed by atoms with Gasteiger partial charge >= 0.3 is 0 Å². The molecule has 0 radical (unpaired) electrons. The van der Waals surface area contributed by atoms with Gasteiger partial charge in [-0.3, -0.25) is 9.59 Å². The molecule has 3 aromatic rings. The van der Waals surface area contributed by atoms with E-state index in [-0.39, 0.29) is 17.9 Å². The fraction of sp³-hybridized carbons (Fsp3) is 0.375. The van der Waals surface area contributed by atoms with Gasteiger partial charge in [-0.25, -0.2) is 0 Å². The Labute approximate surface area is 216 Å². The molecule has 36 heavy (non-hydrogen) atoms. The van der Waals surface area contributed by atoms with Crippen LogP contribution in [0, 0.1) is 0 Å². The van der Waals surface area contributed by atoms with Crippen LogP contribution in [0.5, 0.6) is 0 Å². The van der Waals surface area contributed by atoms with Crippen molar-refractivity contribution in [1.82, 2.24) is 10.2 Å². The van der Waals surface area contributed by atoms with E-state index in [0.717, 1.165) is 23.1 Å². The molecule has 0 spiro atoms. The van der Waals surface area contributed by atoms with Gasteiger partial charge in [0.1, 0.15) is 6.04 Å². The van der Waals surface area contributed by atoms with E-state index in [0.29, 0.717) is 31.7 Å². The van der Waals surface area contributed by atoms with Crippen molar-refractivity contribution in [2.45, 2.75) is 77.9 Å². The van der Waals surface area contributed by atoms with Crippen LogP contribution in [0.4, 0.5) is 0 Å². The number of aryl methyl sites for hydroxylation is 1. The van der Waals surface area contributed by atoms with Gasteiger partial charge in [0.2, 0.25) is 11.8 Å². The van der Waals surface area contributed by atoms with Crippen molar-refractivity contribution in [2.75, 3.05) is 0 Å². The van der Waals surface area contributed by atoms with Crippen LogP contribution in [0.2, 0.25) is 0 Å². The van der Waals surface area contributed by atoms with Gasteiger partial charge in [0.25, 0.3) is 0 Å². The van der Waals surface area contributed by atoms with E-state index < -0.39 is 6.04 Å². The molecule has 190 valence electrons. The molecule has 0 saturated heterocycles. The minimum atomic E-state index is -0.586. The molecule has 1 N–H and O–H groups in total. The topological polar surface area (TPSA) is 49.4 Å². The molecule has 0 aliphatic rings. The highest BCUT2D eigenvalue weighted by molar-refractivity contribution is 5.88. The normalized spacial score (nSPS) is 12.7. The van der Waals surface area contributed by atoms with Gasteiger partial charge in [-0.15, -0.1) is 0 Å². The lowest BCUT2D eigenvalue weighted by Gasteiger charge is -2.32. The third-order valence-electron chi connectivity index (χ3n) is 6.74. The standard InChI is InChI=1S/C32H40N2O2/c1-5-25(4)33-32(36)30(22-27-12-8-6-9-13-27)34(23-28-14-10-7-11-15-28)31(35)21-18-26-16-19-29(20-17-26)24(2)3/h6-17,19-20,24-25,30H,5,18,21-23H2,1-4H3,(H,33,36). The first-order valence-corrected chi connectivity index (χ1v) is 13.1. The Morgan fingerprint density at radius 2 is 1.36 bits per heavy atom. The van der Waals surface area contributed by atoms with Crippen LogP contribution in [0.3, 0.4) is 0 Å². The molecule has 0 aliphatic heterocycles. The molecule has 0 bridgehead atoms. The van der Waals surface area contributed by atoms with Gasteiger partial charge in [0.15, 0.2) is 0 Å². The number of hydrogen-bond donors (Lipinski definition) is 1. The van der Waals surface area contributed by atoms with Gasteiger partial charge < -0.3 is 10.2 Å². The first-order valence-electron chi connectivity index (χ1n) is 13.1. The minimum absolute atomic E-state index is 0.00739. The lowest BCUT2D eigenvalue weighted by molar-refractivity contribution is -0.141. The molecule has 2 unspecified atom stereocenters. The maximum absolute atomic E-state index is 13.7. The second kappa shape index (κ2) is 13.6. The molecule has 0 aromatic heterocycles. The monoisotopic (exact) mass is 484 g/mol. The van der Waals surface area contributed by atoms with Crippen LogP contribution in [-0.4, -0.2) is 28.8 Å². The molecule has 2 atom stereocenters. The summed E-state index contributed by atoms with van der Waals surface area (Å²) in [4.78, 5) is 29.0. The Bertz CT molecular complexity index is 1080. The van der Waals surface area contributed by atoms with Crippen molar-refractivity contribution in [3.63, 3.8) is 0 Å². The highest BCUT2D eigenvalue weighted by Gasteiger charge is 2.30. The molecule has 3 rings (SSSR count). The smallest absolute Gasteiger partial charge is 0.243 e. The third-order valence-corrected chi connectivity index (χ3v) is 6.74. The molecule has 2 amide bonds. The van der Waals surface area contributed by atoms with Crippen LogP contribution < -0.4 is 5.32 Å². The van der Waals surface area contributed by atoms with Crippen molar-refractivity contribution in [1.29, 1.82) is 0 Å². The summed E-state index contributed by atoms with van der Waals surface area (Å²) in [6.45, 7) is 8.81. The van der Waals surface area contributed by atoms with Gasteiger partial charge in [-0.05, 0) is 47.9 Å². The molecular weight excluding hydrogens is 444 g/mol. The second-order valence-electron chi connectivity index (χ2n) is 9.93. The largest absolute Gasteiger partial charge is 0.352 e. The molecular formula is C32H40N2O2. The number of nitrogens with one attached hydrogen (secondary N) is 1. The van der Waals surface area contributed by atoms with E-state index in [1.54, 1.807) is 4.90 Å². The zero-order chi connectivity index (χ0) is 25.9. The fourth-order valence-electron chi connectivity index (χ4n) is 4.24. The van der Waals surface area contributed by atoms with Crippen LogP contribution in [0.15, 0.2) is 84.9 Å². The van der Waals surface area contributed by atoms with Gasteiger partial charge in [-0.2, -0.15) is 0 Å². The predicted molar refractivity (Wildman–Crippen MR) is 148 cm³/mol. The Balaban J connectivity index is 1.86. The van der Waals surface area contributed by atoms with E-state index in [2.05, 4.69) is 50.4 Å². The number of hydrogen-bond acceptors (Lipinski definition) is 2. The number of benzene rings is 3. The zero-order valence-electron chi connectivity index (χ0n) is 22.1. The summed E-state index contributed by atoms with van der Waals surface area (Å²) < 4.78 is 0. The molecule has 0 fully saturated rings. The van der Waals surface area contributed by atoms with Crippen molar-refractivity contribution in [3.8, 4) is 0 Å². The number of amides is 2. The summed E-state index contributed by atoms with van der Waals surface area (Å²) in [6.07, 6.45) is 2.32. The van der Waals surface area contributed by atoms with E-state index in [9.17, 15) is 9.59 Å². The first-order chi connectivity index (χ1) is 17.4. The Morgan fingerprint density at radius 1 is 0.778 bits per heavy atom. The van der Waals surface area contributed by atoms with Crippen molar-refractivity contribution in [2.24, 2.45) is 0 Å². The lowest BCUT2D eigenvalue weighted by atomic mass is 9.99. The summed E-state index contributed by atoms with van der Waals surface area (Å²) >= 11 is 0. The second-order valence-corrected chi connectivity index (χ2v) is 9.93. The summed E-state index contributed by atoms with van der Waals surface area (Å²) in [5.74, 6) is 0.371. The van der Waals surface area contributed by atoms with E-state index in [4.69, 9.17) is 0 Å². The van der Waals surface area contributed by atoms with Crippen LogP contribution >= 0.6 is 0 Å². The molecule has 0 heterocycles. The highest BCUT2D eigenvalue weighted by Crippen LogP contribution is 2.19. The van der Waals surface area contributed by atoms with Crippen molar-refractivity contribution < 1.29 is 9.59 Å². The SMILES string of the molecule is CCC(C)NC(=O)C(Cc1ccccc1)N(Cc1ccccc1)C(=O)CCc1ccc(C(C)C)cc1. The van der Waals surface area contributed by atoms with Crippen molar-refractivity contribution >= 4 is 11.8 Å². The number of rotatable bonds is 12. The summed E-state index contributed by atoms with van der Waals surface area (Å²) in [6, 6.07) is 27.9. The fourth-order valence-corrected chi connectivity index (χ4v) is 4.24. The molecule has 4 heteroatoms. The van der Waals surface area contributed by atoms with Crippen LogP contribution in [0.1, 0.15) is 68.7 Å². The zero-order valence-corrected chi connectivity index (χ0v) is 22.1. The average molecular weight is 485 g/mol. The third kappa shape index (κ3) is 8.08. The Hall–Kier alpha value is -3.40. The first kappa shape index (κ1) is 27.2. The van der Waals surface area contributed by atoms with Crippen LogP contribution in [-0.2, 0) is 29.0 Å². The number of nitrogens with zero attached hydrogens (tertiary/aromatic N) is 1. The molecule has 0 aliphatic carbocycles. The van der Waals surface area contributed by atoms with Crippen LogP contribution in [0.25, 0.3) is 0 Å². The summed E-state index contributed by atoms with van der Waals surface area (Å²) in [5.41, 5.74) is 4.48. The van der Waals surface area contributed by atoms with Crippen molar-refractivity contribution in [3.05, 3.63) is 107 Å². The maximum atomic E-state index is 13.7. The predicted octanol–water partition coefficient (Wildman–Crippen LogP) is 6.30. The summed E-state index contributed by atoms with van der Waals surface area (Å²) in [5, 5.41) is 3.13. The van der Waals surface area contributed by atoms with E-state index in [1.807, 2.05) is 67.6 Å². The molecule has 0 saturated carbocycles. The Morgan fingerprint density at radius 3 is 1.92 bits per heavy atom. The van der Waals surface area contributed by atoms with Gasteiger partial charge in [0, 0.05) is 25.4 Å². The van der Waals surface area contributed by atoms with Gasteiger partial charge in [0.05, 0.1) is 0 Å². The summed E-state index contributed by atoms with van der Waals surface area (Å²) in [7, 11) is 0. The molecule has 3 aromatic carbocycles. The van der Waals surface area contributed by atoms with E-state index in [1.165, 1.54) is 5.56 Å². The number of carbonyl (C=O) groups is 2. The molecule has 4 nitrogen and oxygen atoms in total. The quantitative estimate of drug-likeness (QED) is 0.328. The highest BCUT2D eigenvalue weighted by atomic mass is 16.2. The minimum Gasteiger partial charge on any atom is -0.352 e. The van der Waals surface area contributed by atoms with E-state index >= 15 is 0 Å². The Kier molecular flexibility index (Phi) is 10.3. The van der Waals surface area contributed by atoms with Gasteiger partial charge in [-0.1, -0.05) is 106 Å². The maximum Gasteiger partial charge on any atom is 0.243 e. The number of carbonyl (C=O) groups excluding carboxylic acids is 2. The average Bonchev–Trinajstić information content (AvgIpc) is 2.90.